The Morgan fingerprint density at radius 3 is 2.49 bits per heavy atom. The van der Waals surface area contributed by atoms with Gasteiger partial charge in [0, 0.05) is 18.3 Å². The number of hydrogen-bond acceptors (Lipinski definition) is 7. The Balaban J connectivity index is 0.00000147. The highest BCUT2D eigenvalue weighted by Gasteiger charge is 2.36. The third-order valence-corrected chi connectivity index (χ3v) is 8.14. The normalized spacial score (nSPS) is 19.2. The van der Waals surface area contributed by atoms with Gasteiger partial charge in [-0.1, -0.05) is 29.8 Å². The summed E-state index contributed by atoms with van der Waals surface area (Å²) in [7, 11) is -0.685. The summed E-state index contributed by atoms with van der Waals surface area (Å²) >= 11 is 6.31. The number of carboxylic acid groups (broad SMARTS) is 1. The van der Waals surface area contributed by atoms with Gasteiger partial charge in [0.2, 0.25) is 0 Å². The molecule has 0 spiro atoms. The van der Waals surface area contributed by atoms with E-state index in [1.165, 1.54) is 24.4 Å². The Hall–Kier alpha value is -3.49. The molecule has 1 aliphatic rings. The second kappa shape index (κ2) is 13.4. The highest BCUT2D eigenvalue weighted by atomic mass is 35.5. The lowest BCUT2D eigenvalue weighted by Crippen LogP contribution is -2.46. The number of alkyl halides is 3. The van der Waals surface area contributed by atoms with E-state index < -0.39 is 38.6 Å². The molecule has 9 nitrogen and oxygen atoms in total. The first-order valence-corrected chi connectivity index (χ1v) is 14.0. The molecule has 1 aromatic heterocycles. The van der Waals surface area contributed by atoms with Crippen LogP contribution in [0.4, 0.5) is 23.4 Å². The molecule has 0 unspecified atom stereocenters. The van der Waals surface area contributed by atoms with Crippen molar-refractivity contribution in [1.82, 2.24) is 14.9 Å². The Morgan fingerprint density at radius 1 is 1.17 bits per heavy atom. The first kappa shape index (κ1) is 32.0. The minimum absolute atomic E-state index is 0.0282. The number of benzene rings is 2. The van der Waals surface area contributed by atoms with E-state index in [-0.39, 0.29) is 35.0 Å². The van der Waals surface area contributed by atoms with Crippen LogP contribution in [0.5, 0.6) is 5.75 Å². The van der Waals surface area contributed by atoms with Crippen LogP contribution in [0.25, 0.3) is 0 Å². The summed E-state index contributed by atoms with van der Waals surface area (Å²) in [5.41, 5.74) is -0.0961. The van der Waals surface area contributed by atoms with Gasteiger partial charge in [-0.3, -0.25) is 9.52 Å². The number of aromatic nitrogens is 2. The van der Waals surface area contributed by atoms with Gasteiger partial charge in [0.25, 0.3) is 16.5 Å². The standard InChI is InChI=1S/C25H25ClF4N4O3S.CH2O2/c1-34(2)20-11-16(15-4-3-5-17(10-15)25(28,29)30)6-7-21(20)37-22-13-19(27)23(12-18(22)26)38(35,36)33-24-8-9-31-14-32-24;2-1-3/h3-5,8-10,12-14,16,20-21H,6-7,11H2,1-2H3,(H,31,32,33);1H,(H,2,3)/t16-,20-,21-;/m0./s1. The second-order valence-electron chi connectivity index (χ2n) is 9.34. The van der Waals surface area contributed by atoms with E-state index in [0.29, 0.717) is 24.8 Å². The molecule has 2 N–H and O–H groups in total. The molecule has 0 radical (unpaired) electrons. The molecule has 0 bridgehead atoms. The number of anilines is 1. The largest absolute Gasteiger partial charge is 0.487 e. The smallest absolute Gasteiger partial charge is 0.416 e. The fraction of sp³-hybridized carbons (Fsp3) is 0.346. The van der Waals surface area contributed by atoms with Crippen molar-refractivity contribution in [2.45, 2.75) is 48.4 Å². The summed E-state index contributed by atoms with van der Waals surface area (Å²) in [5.74, 6) is -1.26. The van der Waals surface area contributed by atoms with Gasteiger partial charge in [0.05, 0.1) is 10.6 Å². The monoisotopic (exact) mass is 618 g/mol. The lowest BCUT2D eigenvalue weighted by atomic mass is 9.79. The van der Waals surface area contributed by atoms with Crippen molar-refractivity contribution >= 4 is 33.9 Å². The first-order valence-electron chi connectivity index (χ1n) is 12.1. The molecule has 1 aliphatic carbocycles. The van der Waals surface area contributed by atoms with Crippen molar-refractivity contribution in [3.05, 3.63) is 77.0 Å². The van der Waals surface area contributed by atoms with Crippen LogP contribution in [-0.2, 0) is 21.0 Å². The number of hydrogen-bond donors (Lipinski definition) is 2. The third kappa shape index (κ3) is 8.27. The van der Waals surface area contributed by atoms with Crippen LogP contribution < -0.4 is 9.46 Å². The van der Waals surface area contributed by atoms with Gasteiger partial charge in [0.15, 0.2) is 0 Å². The van der Waals surface area contributed by atoms with Gasteiger partial charge in [0.1, 0.15) is 34.7 Å². The summed E-state index contributed by atoms with van der Waals surface area (Å²) in [4.78, 5) is 17.0. The molecule has 1 heterocycles. The quantitative estimate of drug-likeness (QED) is 0.265. The molecular formula is C26H27ClF4N4O5S. The Labute approximate surface area is 239 Å². The van der Waals surface area contributed by atoms with Gasteiger partial charge in [-0.25, -0.2) is 22.8 Å². The van der Waals surface area contributed by atoms with Crippen LogP contribution in [0, 0.1) is 5.82 Å². The zero-order valence-corrected chi connectivity index (χ0v) is 23.4. The third-order valence-electron chi connectivity index (χ3n) is 6.48. The zero-order chi connectivity index (χ0) is 30.4. The molecule has 3 atom stereocenters. The number of halogens is 5. The summed E-state index contributed by atoms with van der Waals surface area (Å²) in [5, 5.41) is 6.78. The van der Waals surface area contributed by atoms with Crippen LogP contribution >= 0.6 is 11.6 Å². The number of carbonyl (C=O) groups is 1. The van der Waals surface area contributed by atoms with E-state index >= 15 is 0 Å². The fourth-order valence-corrected chi connectivity index (χ4v) is 5.95. The topological polar surface area (TPSA) is 122 Å². The van der Waals surface area contributed by atoms with Crippen molar-refractivity contribution in [3.63, 3.8) is 0 Å². The van der Waals surface area contributed by atoms with Crippen LogP contribution in [0.3, 0.4) is 0 Å². The average Bonchev–Trinajstić information content (AvgIpc) is 2.91. The van der Waals surface area contributed by atoms with Gasteiger partial charge in [-0.15, -0.1) is 0 Å². The molecule has 1 saturated carbocycles. The average molecular weight is 619 g/mol. The molecule has 0 amide bonds. The minimum atomic E-state index is -4.43. The number of rotatable bonds is 7. The van der Waals surface area contributed by atoms with Crippen molar-refractivity contribution in [2.24, 2.45) is 0 Å². The fourth-order valence-electron chi connectivity index (χ4n) is 4.58. The molecule has 4 rings (SSSR count). The zero-order valence-electron chi connectivity index (χ0n) is 21.8. The van der Waals surface area contributed by atoms with E-state index in [1.54, 1.807) is 6.07 Å². The van der Waals surface area contributed by atoms with Crippen LogP contribution in [-0.4, -0.2) is 61.1 Å². The molecule has 15 heteroatoms. The number of likely N-dealkylation sites (N-methyl/N-ethyl adjacent to an activating group) is 1. The maximum Gasteiger partial charge on any atom is 0.416 e. The van der Waals surface area contributed by atoms with E-state index in [4.69, 9.17) is 26.2 Å². The lowest BCUT2D eigenvalue weighted by Gasteiger charge is -2.40. The lowest BCUT2D eigenvalue weighted by molar-refractivity contribution is -0.137. The minimum Gasteiger partial charge on any atom is -0.487 e. The first-order chi connectivity index (χ1) is 19.3. The van der Waals surface area contributed by atoms with Gasteiger partial charge >= 0.3 is 6.18 Å². The molecule has 222 valence electrons. The number of nitrogens with one attached hydrogen (secondary N) is 1. The molecule has 0 aliphatic heterocycles. The summed E-state index contributed by atoms with van der Waals surface area (Å²) < 4.78 is 88.2. The van der Waals surface area contributed by atoms with E-state index in [9.17, 15) is 26.0 Å². The molecule has 3 aromatic rings. The molecule has 0 saturated heterocycles. The van der Waals surface area contributed by atoms with E-state index in [0.717, 1.165) is 24.5 Å². The Bertz CT molecular complexity index is 1450. The maximum absolute atomic E-state index is 15.0. The van der Waals surface area contributed by atoms with Crippen molar-refractivity contribution in [3.8, 4) is 5.75 Å². The van der Waals surface area contributed by atoms with Gasteiger partial charge in [-0.2, -0.15) is 13.2 Å². The Morgan fingerprint density at radius 2 is 1.88 bits per heavy atom. The van der Waals surface area contributed by atoms with Crippen LogP contribution in [0.2, 0.25) is 5.02 Å². The summed E-state index contributed by atoms with van der Waals surface area (Å²) in [6.45, 7) is -0.250. The van der Waals surface area contributed by atoms with Crippen molar-refractivity contribution in [2.75, 3.05) is 18.8 Å². The Kier molecular flexibility index (Phi) is 10.5. The van der Waals surface area contributed by atoms with E-state index in [2.05, 4.69) is 14.7 Å². The summed E-state index contributed by atoms with van der Waals surface area (Å²) in [6.07, 6.45) is -0.889. The molecular weight excluding hydrogens is 592 g/mol. The highest BCUT2D eigenvalue weighted by molar-refractivity contribution is 7.92. The number of nitrogens with zero attached hydrogens (tertiary/aromatic N) is 3. The predicted molar refractivity (Wildman–Crippen MR) is 143 cm³/mol. The van der Waals surface area contributed by atoms with Gasteiger partial charge in [-0.05, 0) is 63.0 Å². The molecule has 1 fully saturated rings. The predicted octanol–water partition coefficient (Wildman–Crippen LogP) is 5.43. The van der Waals surface area contributed by atoms with E-state index in [1.807, 2.05) is 19.0 Å². The molecule has 2 aromatic carbocycles. The highest BCUT2D eigenvalue weighted by Crippen LogP contribution is 2.40. The van der Waals surface area contributed by atoms with Crippen molar-refractivity contribution < 1.29 is 40.6 Å². The van der Waals surface area contributed by atoms with Crippen molar-refractivity contribution in [1.29, 1.82) is 0 Å². The number of ether oxygens (including phenoxy) is 1. The van der Waals surface area contributed by atoms with Crippen LogP contribution in [0.1, 0.15) is 36.3 Å². The van der Waals surface area contributed by atoms with Gasteiger partial charge < -0.3 is 14.7 Å². The second-order valence-corrected chi connectivity index (χ2v) is 11.4. The molecule has 41 heavy (non-hydrogen) atoms. The number of sulfonamides is 1. The SMILES string of the molecule is CN(C)[C@H]1C[C@@H](c2cccc(C(F)(F)F)c2)CC[C@@H]1Oc1cc(F)c(S(=O)(=O)Nc2ccncn2)cc1Cl.O=CO. The van der Waals surface area contributed by atoms with Crippen LogP contribution in [0.15, 0.2) is 59.9 Å². The maximum atomic E-state index is 15.0. The summed E-state index contributed by atoms with van der Waals surface area (Å²) in [6, 6.07) is 8.30.